The lowest BCUT2D eigenvalue weighted by Crippen LogP contribution is -2.45. The highest BCUT2D eigenvalue weighted by atomic mass is 32.2. The van der Waals surface area contributed by atoms with Crippen molar-refractivity contribution in [1.29, 1.82) is 0 Å². The van der Waals surface area contributed by atoms with Gasteiger partial charge in [0.05, 0.1) is 13.7 Å². The number of nitrogens with one attached hydrogen (secondary N) is 1. The Labute approximate surface area is 120 Å². The van der Waals surface area contributed by atoms with E-state index in [2.05, 4.69) is 24.4 Å². The maximum atomic E-state index is 5.62. The molecule has 0 amide bonds. The van der Waals surface area contributed by atoms with Crippen molar-refractivity contribution in [3.63, 3.8) is 0 Å². The lowest BCUT2D eigenvalue weighted by Gasteiger charge is -2.31. The second-order valence-corrected chi connectivity index (χ2v) is 6.07. The number of hydrogen-bond acceptors (Lipinski definition) is 4. The standard InChI is InChI=1S/C15H23NO2S/c1-3-9-16-14-8-10-18-11-15(14)19-13-6-4-12(17-2)5-7-13/h4-7,14-16H,3,8-11H2,1-2H3. The van der Waals surface area contributed by atoms with Crippen molar-refractivity contribution in [2.75, 3.05) is 26.9 Å². The Morgan fingerprint density at radius 1 is 1.37 bits per heavy atom. The molecule has 3 nitrogen and oxygen atoms in total. The molecule has 106 valence electrons. The summed E-state index contributed by atoms with van der Waals surface area (Å²) in [6.07, 6.45) is 2.28. The second-order valence-electron chi connectivity index (χ2n) is 4.76. The van der Waals surface area contributed by atoms with Gasteiger partial charge in [-0.25, -0.2) is 0 Å². The first-order valence-electron chi connectivity index (χ1n) is 6.95. The Kier molecular flexibility index (Phi) is 6.01. The van der Waals surface area contributed by atoms with E-state index in [1.165, 1.54) is 11.3 Å². The van der Waals surface area contributed by atoms with E-state index >= 15 is 0 Å². The average molecular weight is 281 g/mol. The number of methoxy groups -OCH3 is 1. The molecule has 0 spiro atoms. The Morgan fingerprint density at radius 2 is 2.16 bits per heavy atom. The van der Waals surface area contributed by atoms with Gasteiger partial charge in [0.15, 0.2) is 0 Å². The van der Waals surface area contributed by atoms with Gasteiger partial charge in [0.2, 0.25) is 0 Å². The van der Waals surface area contributed by atoms with E-state index in [9.17, 15) is 0 Å². The first-order chi connectivity index (χ1) is 9.33. The fourth-order valence-electron chi connectivity index (χ4n) is 2.22. The van der Waals surface area contributed by atoms with Crippen LogP contribution in [0.1, 0.15) is 19.8 Å². The van der Waals surface area contributed by atoms with Crippen molar-refractivity contribution in [1.82, 2.24) is 5.32 Å². The van der Waals surface area contributed by atoms with Crippen LogP contribution in [0.15, 0.2) is 29.2 Å². The van der Waals surface area contributed by atoms with Gasteiger partial charge in [-0.2, -0.15) is 0 Å². The molecule has 0 radical (unpaired) electrons. The van der Waals surface area contributed by atoms with Crippen LogP contribution in [-0.2, 0) is 4.74 Å². The lowest BCUT2D eigenvalue weighted by atomic mass is 10.1. The smallest absolute Gasteiger partial charge is 0.118 e. The lowest BCUT2D eigenvalue weighted by molar-refractivity contribution is 0.0833. The van der Waals surface area contributed by atoms with Crippen molar-refractivity contribution < 1.29 is 9.47 Å². The van der Waals surface area contributed by atoms with E-state index in [4.69, 9.17) is 9.47 Å². The highest BCUT2D eigenvalue weighted by molar-refractivity contribution is 8.00. The van der Waals surface area contributed by atoms with Gasteiger partial charge in [-0.05, 0) is 43.7 Å². The molecule has 1 aliphatic heterocycles. The molecule has 0 saturated carbocycles. The van der Waals surface area contributed by atoms with Crippen molar-refractivity contribution in [3.8, 4) is 5.75 Å². The largest absolute Gasteiger partial charge is 0.497 e. The summed E-state index contributed by atoms with van der Waals surface area (Å²) >= 11 is 1.90. The van der Waals surface area contributed by atoms with Crippen LogP contribution in [0.2, 0.25) is 0 Å². The number of thioether (sulfide) groups is 1. The first kappa shape index (κ1) is 14.7. The minimum atomic E-state index is 0.494. The fraction of sp³-hybridized carbons (Fsp3) is 0.600. The Hall–Kier alpha value is -0.710. The van der Waals surface area contributed by atoms with E-state index in [0.717, 1.165) is 31.9 Å². The zero-order valence-electron chi connectivity index (χ0n) is 11.7. The summed E-state index contributed by atoms with van der Waals surface area (Å²) in [6.45, 7) is 5.00. The van der Waals surface area contributed by atoms with Crippen LogP contribution in [0.3, 0.4) is 0 Å². The van der Waals surface area contributed by atoms with Gasteiger partial charge in [-0.1, -0.05) is 6.92 Å². The van der Waals surface area contributed by atoms with E-state index in [1.807, 2.05) is 23.9 Å². The molecule has 2 rings (SSSR count). The molecule has 19 heavy (non-hydrogen) atoms. The van der Waals surface area contributed by atoms with Crippen molar-refractivity contribution in [2.24, 2.45) is 0 Å². The summed E-state index contributed by atoms with van der Waals surface area (Å²) in [4.78, 5) is 1.28. The number of ether oxygens (including phenoxy) is 2. The van der Waals surface area contributed by atoms with Crippen molar-refractivity contribution in [3.05, 3.63) is 24.3 Å². The molecule has 0 bridgehead atoms. The summed E-state index contributed by atoms with van der Waals surface area (Å²) in [5.74, 6) is 0.907. The molecule has 1 aromatic carbocycles. The molecule has 0 aliphatic carbocycles. The number of rotatable bonds is 6. The van der Waals surface area contributed by atoms with Crippen LogP contribution >= 0.6 is 11.8 Å². The molecule has 1 aliphatic rings. The van der Waals surface area contributed by atoms with Gasteiger partial charge < -0.3 is 14.8 Å². The maximum Gasteiger partial charge on any atom is 0.118 e. The monoisotopic (exact) mass is 281 g/mol. The first-order valence-corrected chi connectivity index (χ1v) is 7.83. The third-order valence-electron chi connectivity index (χ3n) is 3.31. The number of benzene rings is 1. The zero-order chi connectivity index (χ0) is 13.5. The molecule has 1 saturated heterocycles. The summed E-state index contributed by atoms with van der Waals surface area (Å²) in [5, 5.41) is 4.13. The van der Waals surface area contributed by atoms with Crippen LogP contribution in [0.25, 0.3) is 0 Å². The van der Waals surface area contributed by atoms with Gasteiger partial charge in [-0.15, -0.1) is 11.8 Å². The molecule has 1 fully saturated rings. The van der Waals surface area contributed by atoms with Gasteiger partial charge in [-0.3, -0.25) is 0 Å². The van der Waals surface area contributed by atoms with Crippen LogP contribution in [-0.4, -0.2) is 38.2 Å². The highest BCUT2D eigenvalue weighted by Gasteiger charge is 2.25. The molecule has 0 aromatic heterocycles. The van der Waals surface area contributed by atoms with E-state index < -0.39 is 0 Å². The third-order valence-corrected chi connectivity index (χ3v) is 4.62. The average Bonchev–Trinajstić information content (AvgIpc) is 2.47. The van der Waals surface area contributed by atoms with Crippen molar-refractivity contribution >= 4 is 11.8 Å². The minimum absolute atomic E-state index is 0.494. The normalized spacial score (nSPS) is 23.3. The predicted octanol–water partition coefficient (Wildman–Crippen LogP) is 2.94. The summed E-state index contributed by atoms with van der Waals surface area (Å²) in [6, 6.07) is 8.83. The summed E-state index contributed by atoms with van der Waals surface area (Å²) in [7, 11) is 1.70. The van der Waals surface area contributed by atoms with Crippen LogP contribution in [0, 0.1) is 0 Å². The fourth-order valence-corrected chi connectivity index (χ4v) is 3.42. The van der Waals surface area contributed by atoms with E-state index in [1.54, 1.807) is 7.11 Å². The van der Waals surface area contributed by atoms with E-state index in [0.29, 0.717) is 11.3 Å². The predicted molar refractivity (Wildman–Crippen MR) is 80.2 cm³/mol. The maximum absolute atomic E-state index is 5.62. The van der Waals surface area contributed by atoms with Crippen molar-refractivity contribution in [2.45, 2.75) is 36.0 Å². The van der Waals surface area contributed by atoms with Crippen LogP contribution in [0.5, 0.6) is 5.75 Å². The van der Waals surface area contributed by atoms with Crippen LogP contribution in [0.4, 0.5) is 0 Å². The van der Waals surface area contributed by atoms with E-state index in [-0.39, 0.29) is 0 Å². The van der Waals surface area contributed by atoms with Gasteiger partial charge in [0.1, 0.15) is 5.75 Å². The topological polar surface area (TPSA) is 30.5 Å². The highest BCUT2D eigenvalue weighted by Crippen LogP contribution is 2.30. The summed E-state index contributed by atoms with van der Waals surface area (Å²) in [5.41, 5.74) is 0. The molecule has 1 heterocycles. The molecule has 2 unspecified atom stereocenters. The van der Waals surface area contributed by atoms with Crippen LogP contribution < -0.4 is 10.1 Å². The SMILES string of the molecule is CCCNC1CCOCC1Sc1ccc(OC)cc1. The van der Waals surface area contributed by atoms with Gasteiger partial charge in [0.25, 0.3) is 0 Å². The minimum Gasteiger partial charge on any atom is -0.497 e. The molecular weight excluding hydrogens is 258 g/mol. The Morgan fingerprint density at radius 3 is 2.84 bits per heavy atom. The summed E-state index contributed by atoms with van der Waals surface area (Å²) < 4.78 is 10.8. The molecule has 1 aromatic rings. The molecule has 2 atom stereocenters. The van der Waals surface area contributed by atoms with Gasteiger partial charge in [0, 0.05) is 22.8 Å². The zero-order valence-corrected chi connectivity index (χ0v) is 12.5. The molecule has 4 heteroatoms. The molecular formula is C15H23NO2S. The molecule has 1 N–H and O–H groups in total. The Bertz CT molecular complexity index is 369. The third kappa shape index (κ3) is 4.41. The quantitative estimate of drug-likeness (QED) is 0.868. The van der Waals surface area contributed by atoms with Gasteiger partial charge >= 0.3 is 0 Å². The second kappa shape index (κ2) is 7.78. The Balaban J connectivity index is 1.93. The number of hydrogen-bond donors (Lipinski definition) is 1.